The van der Waals surface area contributed by atoms with Crippen molar-refractivity contribution in [2.24, 2.45) is 11.8 Å². The molecule has 6 nitrogen and oxygen atoms in total. The van der Waals surface area contributed by atoms with Crippen molar-refractivity contribution in [1.82, 2.24) is 9.80 Å². The van der Waals surface area contributed by atoms with Gasteiger partial charge in [0, 0.05) is 37.7 Å². The molecular weight excluding hydrogens is 380 g/mol. The second-order valence-electron chi connectivity index (χ2n) is 9.05. The van der Waals surface area contributed by atoms with Crippen LogP contribution in [0, 0.1) is 11.8 Å². The van der Waals surface area contributed by atoms with Gasteiger partial charge in [0.05, 0.1) is 5.39 Å². The number of fused-ring (bicyclic) bond motifs is 5. The van der Waals surface area contributed by atoms with Crippen LogP contribution < -0.4 is 5.43 Å². The molecule has 0 saturated carbocycles. The molecule has 6 heteroatoms. The predicted octanol–water partition coefficient (Wildman–Crippen LogP) is 3.43. The van der Waals surface area contributed by atoms with Crippen LogP contribution in [0.1, 0.15) is 56.0 Å². The highest BCUT2D eigenvalue weighted by atomic mass is 16.3. The maximum atomic E-state index is 13.3. The van der Waals surface area contributed by atoms with E-state index >= 15 is 0 Å². The molecule has 158 valence electrons. The fourth-order valence-corrected chi connectivity index (χ4v) is 5.97. The summed E-state index contributed by atoms with van der Waals surface area (Å²) in [4.78, 5) is 42.6. The lowest BCUT2D eigenvalue weighted by molar-refractivity contribution is -0.152. The minimum Gasteiger partial charge on any atom is -0.451 e. The van der Waals surface area contributed by atoms with E-state index in [2.05, 4.69) is 11.8 Å². The molecule has 0 spiro atoms. The summed E-state index contributed by atoms with van der Waals surface area (Å²) in [6.07, 6.45) is 5.69. The number of rotatable bonds is 3. The third kappa shape index (κ3) is 3.13. The fraction of sp³-hybridized carbons (Fsp3) is 0.542. The molecular formula is C24H28N2O4. The highest BCUT2D eigenvalue weighted by molar-refractivity contribution is 5.93. The number of piperidine rings is 3. The third-order valence-electron chi connectivity index (χ3n) is 7.21. The molecule has 0 unspecified atom stereocenters. The molecule has 3 fully saturated rings. The zero-order chi connectivity index (χ0) is 20.8. The van der Waals surface area contributed by atoms with Crippen LogP contribution in [0.3, 0.4) is 0 Å². The Bertz CT molecular complexity index is 1040. The third-order valence-corrected chi connectivity index (χ3v) is 7.21. The van der Waals surface area contributed by atoms with Crippen molar-refractivity contribution in [2.45, 2.75) is 57.5 Å². The molecule has 5 rings (SSSR count). The van der Waals surface area contributed by atoms with Crippen LogP contribution in [-0.4, -0.2) is 46.8 Å². The van der Waals surface area contributed by atoms with Crippen LogP contribution in [-0.2, 0) is 4.79 Å². The zero-order valence-electron chi connectivity index (χ0n) is 17.4. The number of likely N-dealkylation sites (tertiary alicyclic amines) is 1. The van der Waals surface area contributed by atoms with E-state index in [-0.39, 0.29) is 35.1 Å². The van der Waals surface area contributed by atoms with Crippen molar-refractivity contribution in [3.05, 3.63) is 46.3 Å². The van der Waals surface area contributed by atoms with Gasteiger partial charge in [-0.2, -0.15) is 0 Å². The minimum atomic E-state index is -0.210. The van der Waals surface area contributed by atoms with E-state index in [4.69, 9.17) is 4.42 Å². The molecule has 0 radical (unpaired) electrons. The number of benzene rings is 1. The molecule has 30 heavy (non-hydrogen) atoms. The lowest BCUT2D eigenvalue weighted by Gasteiger charge is -2.56. The van der Waals surface area contributed by atoms with E-state index in [9.17, 15) is 14.4 Å². The number of para-hydroxylation sites is 1. The summed E-state index contributed by atoms with van der Waals surface area (Å²) < 4.78 is 5.82. The van der Waals surface area contributed by atoms with Gasteiger partial charge in [-0.15, -0.1) is 0 Å². The molecule has 0 N–H and O–H groups in total. The van der Waals surface area contributed by atoms with E-state index < -0.39 is 0 Å². The van der Waals surface area contributed by atoms with Crippen molar-refractivity contribution in [2.75, 3.05) is 13.1 Å². The number of hydrogen-bond acceptors (Lipinski definition) is 4. The van der Waals surface area contributed by atoms with Gasteiger partial charge >= 0.3 is 0 Å². The Morgan fingerprint density at radius 2 is 1.97 bits per heavy atom. The van der Waals surface area contributed by atoms with Crippen LogP contribution in [0.5, 0.6) is 0 Å². The number of carbonyl (C=O) groups excluding carboxylic acids is 2. The Labute approximate surface area is 175 Å². The average Bonchev–Trinajstić information content (AvgIpc) is 2.76. The first-order valence-corrected chi connectivity index (χ1v) is 11.2. The highest BCUT2D eigenvalue weighted by Crippen LogP contribution is 2.43. The Balaban J connectivity index is 1.45. The number of nitrogens with zero attached hydrogens (tertiary/aromatic N) is 2. The lowest BCUT2D eigenvalue weighted by Crippen LogP contribution is -2.65. The summed E-state index contributed by atoms with van der Waals surface area (Å²) in [5.41, 5.74) is 0.254. The quantitative estimate of drug-likeness (QED) is 0.780. The van der Waals surface area contributed by atoms with Crippen molar-refractivity contribution < 1.29 is 14.0 Å². The highest BCUT2D eigenvalue weighted by Gasteiger charge is 2.49. The number of hydrogen-bond donors (Lipinski definition) is 0. The van der Waals surface area contributed by atoms with Crippen LogP contribution in [0.15, 0.2) is 39.5 Å². The first-order valence-electron chi connectivity index (χ1n) is 11.2. The molecule has 3 aliphatic heterocycles. The summed E-state index contributed by atoms with van der Waals surface area (Å²) in [5, 5.41) is 0.490. The first-order chi connectivity index (χ1) is 14.6. The molecule has 4 heterocycles. The van der Waals surface area contributed by atoms with Crippen LogP contribution in [0.4, 0.5) is 0 Å². The Kier molecular flexibility index (Phi) is 4.88. The predicted molar refractivity (Wildman–Crippen MR) is 113 cm³/mol. The van der Waals surface area contributed by atoms with E-state index in [1.165, 1.54) is 6.07 Å². The summed E-state index contributed by atoms with van der Waals surface area (Å²) in [5.74, 6) is 0.788. The summed E-state index contributed by atoms with van der Waals surface area (Å²) in [6, 6.07) is 8.80. The van der Waals surface area contributed by atoms with Gasteiger partial charge in [-0.3, -0.25) is 14.4 Å². The first kappa shape index (κ1) is 19.3. The molecule has 1 aromatic carbocycles. The van der Waals surface area contributed by atoms with E-state index in [0.717, 1.165) is 32.1 Å². The van der Waals surface area contributed by atoms with Crippen LogP contribution in [0.2, 0.25) is 0 Å². The topological polar surface area (TPSA) is 70.8 Å². The minimum absolute atomic E-state index is 0.113. The van der Waals surface area contributed by atoms with Gasteiger partial charge in [0.2, 0.25) is 5.91 Å². The Morgan fingerprint density at radius 3 is 2.80 bits per heavy atom. The summed E-state index contributed by atoms with van der Waals surface area (Å²) in [7, 11) is 0. The molecule has 2 amide bonds. The van der Waals surface area contributed by atoms with Crippen molar-refractivity contribution >= 4 is 22.8 Å². The van der Waals surface area contributed by atoms with Gasteiger partial charge in [-0.05, 0) is 49.7 Å². The Hall–Kier alpha value is -2.63. The van der Waals surface area contributed by atoms with E-state index in [1.807, 2.05) is 4.90 Å². The molecule has 3 saturated heterocycles. The maximum Gasteiger partial charge on any atom is 0.289 e. The number of carbonyl (C=O) groups is 2. The molecule has 1 aromatic heterocycles. The Morgan fingerprint density at radius 1 is 1.17 bits per heavy atom. The molecule has 3 aliphatic rings. The van der Waals surface area contributed by atoms with Crippen LogP contribution in [0.25, 0.3) is 11.0 Å². The molecule has 2 aromatic rings. The van der Waals surface area contributed by atoms with E-state index in [1.54, 1.807) is 24.3 Å². The standard InChI is InChI=1S/C24H28N2O4/c1-2-6-18-15-11-16(19-8-5-10-23(28)26(18)19)14-25(13-15)24(29)22-12-20(27)17-7-3-4-9-21(17)30-22/h3-4,7,9,12,15-16,18-19H,2,5-6,8,10-11,13-14H2,1H3/t15-,16+,18-,19-/m0/s1. The van der Waals surface area contributed by atoms with Crippen LogP contribution >= 0.6 is 0 Å². The number of amides is 2. The monoisotopic (exact) mass is 408 g/mol. The van der Waals surface area contributed by atoms with Gasteiger partial charge in [0.1, 0.15) is 5.58 Å². The second-order valence-corrected chi connectivity index (χ2v) is 9.05. The summed E-state index contributed by atoms with van der Waals surface area (Å²) >= 11 is 0. The molecule has 2 bridgehead atoms. The molecule has 4 atom stereocenters. The zero-order valence-corrected chi connectivity index (χ0v) is 17.4. The smallest absolute Gasteiger partial charge is 0.289 e. The fourth-order valence-electron chi connectivity index (χ4n) is 5.97. The van der Waals surface area contributed by atoms with Gasteiger partial charge in [-0.25, -0.2) is 0 Å². The van der Waals surface area contributed by atoms with Crippen molar-refractivity contribution in [1.29, 1.82) is 0 Å². The van der Waals surface area contributed by atoms with Gasteiger partial charge in [0.25, 0.3) is 5.91 Å². The van der Waals surface area contributed by atoms with Crippen molar-refractivity contribution in [3.8, 4) is 0 Å². The van der Waals surface area contributed by atoms with Crippen molar-refractivity contribution in [3.63, 3.8) is 0 Å². The second kappa shape index (κ2) is 7.56. The lowest BCUT2D eigenvalue weighted by atomic mass is 9.71. The summed E-state index contributed by atoms with van der Waals surface area (Å²) in [6.45, 7) is 3.40. The van der Waals surface area contributed by atoms with E-state index in [0.29, 0.717) is 42.3 Å². The maximum absolute atomic E-state index is 13.3. The van der Waals surface area contributed by atoms with Gasteiger partial charge < -0.3 is 14.2 Å². The van der Waals surface area contributed by atoms with Gasteiger partial charge in [0.15, 0.2) is 11.2 Å². The molecule has 0 aliphatic carbocycles. The average molecular weight is 408 g/mol. The largest absolute Gasteiger partial charge is 0.451 e. The normalized spacial score (nSPS) is 28.5. The van der Waals surface area contributed by atoms with Gasteiger partial charge in [-0.1, -0.05) is 25.5 Å². The SMILES string of the molecule is CCC[C@H]1[C@H]2C[C@H](CN(C(=O)c3cc(=O)c4ccccc4o3)C2)[C@@H]2CCCC(=O)N21.